The highest BCUT2D eigenvalue weighted by Crippen LogP contribution is 2.36. The molecular formula is C40H70O2. The summed E-state index contributed by atoms with van der Waals surface area (Å²) in [5.41, 5.74) is 1.31. The van der Waals surface area contributed by atoms with Crippen LogP contribution in [0.1, 0.15) is 151 Å². The molecule has 0 aliphatic heterocycles. The van der Waals surface area contributed by atoms with E-state index in [1.165, 1.54) is 89.0 Å². The lowest BCUT2D eigenvalue weighted by atomic mass is 9.77. The predicted octanol–water partition coefficient (Wildman–Crippen LogP) is 12.6. The zero-order chi connectivity index (χ0) is 31.0. The van der Waals surface area contributed by atoms with Crippen molar-refractivity contribution >= 4 is 0 Å². The minimum absolute atomic E-state index is 0.227. The van der Waals surface area contributed by atoms with Gasteiger partial charge < -0.3 is 9.47 Å². The number of hydrogen-bond acceptors (Lipinski definition) is 2. The van der Waals surface area contributed by atoms with Gasteiger partial charge >= 0.3 is 0 Å². The monoisotopic (exact) mass is 583 g/mol. The predicted molar refractivity (Wildman–Crippen MR) is 186 cm³/mol. The van der Waals surface area contributed by atoms with Crippen molar-refractivity contribution in [2.24, 2.45) is 29.6 Å². The molecule has 0 N–H and O–H groups in total. The van der Waals surface area contributed by atoms with Crippen molar-refractivity contribution in [1.82, 2.24) is 0 Å². The summed E-state index contributed by atoms with van der Waals surface area (Å²) in [5.74, 6) is 3.30. The Hall–Kier alpha value is -1.38. The Morgan fingerprint density at radius 3 is 1.60 bits per heavy atom. The van der Waals surface area contributed by atoms with Crippen molar-refractivity contribution in [3.05, 3.63) is 60.2 Å². The van der Waals surface area contributed by atoms with Crippen LogP contribution in [-0.4, -0.2) is 19.3 Å². The topological polar surface area (TPSA) is 18.5 Å². The van der Waals surface area contributed by atoms with Crippen molar-refractivity contribution < 1.29 is 9.47 Å². The van der Waals surface area contributed by atoms with E-state index in [1.807, 2.05) is 0 Å². The Labute approximate surface area is 263 Å². The van der Waals surface area contributed by atoms with E-state index in [0.29, 0.717) is 29.8 Å². The molecule has 2 nitrogen and oxygen atoms in total. The highest BCUT2D eigenvalue weighted by Gasteiger charge is 2.30. The molecule has 1 saturated carbocycles. The SMILES string of the molecule is CC(C)COC(C1C=CCCC1)C1CCCCC1.CC(C)COC(c1ccccc1)C1C=CCCC1.CCC.CCC. The average Bonchev–Trinajstić information content (AvgIpc) is 3.00. The molecule has 0 aromatic heterocycles. The van der Waals surface area contributed by atoms with Gasteiger partial charge in [0, 0.05) is 25.0 Å². The Kier molecular flexibility index (Phi) is 23.0. The zero-order valence-electron chi connectivity index (χ0n) is 29.2. The van der Waals surface area contributed by atoms with E-state index < -0.39 is 0 Å². The molecule has 42 heavy (non-hydrogen) atoms. The molecule has 0 radical (unpaired) electrons. The maximum atomic E-state index is 6.33. The van der Waals surface area contributed by atoms with Gasteiger partial charge in [-0.3, -0.25) is 0 Å². The Bertz CT molecular complexity index is 772. The van der Waals surface area contributed by atoms with Crippen LogP contribution < -0.4 is 0 Å². The van der Waals surface area contributed by atoms with Gasteiger partial charge in [0.15, 0.2) is 0 Å². The van der Waals surface area contributed by atoms with Crippen LogP contribution in [-0.2, 0) is 9.47 Å². The van der Waals surface area contributed by atoms with E-state index >= 15 is 0 Å². The first-order valence-electron chi connectivity index (χ1n) is 18.0. The first-order valence-corrected chi connectivity index (χ1v) is 18.0. The lowest BCUT2D eigenvalue weighted by Gasteiger charge is -2.36. The van der Waals surface area contributed by atoms with Crippen molar-refractivity contribution in [1.29, 1.82) is 0 Å². The fourth-order valence-corrected chi connectivity index (χ4v) is 5.98. The lowest BCUT2D eigenvalue weighted by Crippen LogP contribution is -2.34. The molecule has 242 valence electrons. The molecule has 2 heteroatoms. The molecule has 0 amide bonds. The smallest absolute Gasteiger partial charge is 0.0887 e. The minimum Gasteiger partial charge on any atom is -0.377 e. The molecule has 0 bridgehead atoms. The fraction of sp³-hybridized carbons (Fsp3) is 0.750. The van der Waals surface area contributed by atoms with E-state index in [-0.39, 0.29) is 6.10 Å². The van der Waals surface area contributed by atoms with Crippen molar-refractivity contribution in [2.45, 2.75) is 151 Å². The number of ether oxygens (including phenoxy) is 2. The second kappa shape index (κ2) is 25.0. The number of rotatable bonds is 10. The largest absolute Gasteiger partial charge is 0.377 e. The van der Waals surface area contributed by atoms with Gasteiger partial charge in [-0.25, -0.2) is 0 Å². The third-order valence-corrected chi connectivity index (χ3v) is 7.87. The first-order chi connectivity index (χ1) is 20.4. The summed E-state index contributed by atoms with van der Waals surface area (Å²) < 4.78 is 12.5. The highest BCUT2D eigenvalue weighted by molar-refractivity contribution is 5.20. The summed E-state index contributed by atoms with van der Waals surface area (Å²) in [6, 6.07) is 10.7. The van der Waals surface area contributed by atoms with Crippen molar-refractivity contribution in [3.63, 3.8) is 0 Å². The van der Waals surface area contributed by atoms with Crippen LogP contribution >= 0.6 is 0 Å². The van der Waals surface area contributed by atoms with Crippen LogP contribution in [0.15, 0.2) is 54.6 Å². The molecule has 4 rings (SSSR count). The Morgan fingerprint density at radius 1 is 0.619 bits per heavy atom. The number of allylic oxidation sites excluding steroid dienone is 2. The molecule has 3 aliphatic rings. The molecule has 1 fully saturated rings. The second-order valence-corrected chi connectivity index (χ2v) is 13.6. The van der Waals surface area contributed by atoms with Crippen LogP contribution in [0.25, 0.3) is 0 Å². The average molecular weight is 583 g/mol. The van der Waals surface area contributed by atoms with Crippen LogP contribution in [0.5, 0.6) is 0 Å². The summed E-state index contributed by atoms with van der Waals surface area (Å²) in [6.07, 6.45) is 27.5. The summed E-state index contributed by atoms with van der Waals surface area (Å²) >= 11 is 0. The van der Waals surface area contributed by atoms with Crippen LogP contribution in [0.2, 0.25) is 0 Å². The van der Waals surface area contributed by atoms with E-state index in [0.717, 1.165) is 19.1 Å². The maximum Gasteiger partial charge on any atom is 0.0887 e. The molecule has 3 aliphatic carbocycles. The molecule has 0 spiro atoms. The normalized spacial score (nSPS) is 21.8. The molecule has 1 aromatic carbocycles. The van der Waals surface area contributed by atoms with Crippen LogP contribution in [0.3, 0.4) is 0 Å². The van der Waals surface area contributed by atoms with Gasteiger partial charge in [-0.1, -0.05) is 142 Å². The van der Waals surface area contributed by atoms with Gasteiger partial charge in [0.25, 0.3) is 0 Å². The zero-order valence-corrected chi connectivity index (χ0v) is 29.2. The summed E-state index contributed by atoms with van der Waals surface area (Å²) in [6.45, 7) is 19.2. The van der Waals surface area contributed by atoms with E-state index in [4.69, 9.17) is 9.47 Å². The summed E-state index contributed by atoms with van der Waals surface area (Å²) in [7, 11) is 0. The van der Waals surface area contributed by atoms with Crippen molar-refractivity contribution in [3.8, 4) is 0 Å². The molecule has 4 atom stereocenters. The van der Waals surface area contributed by atoms with Crippen LogP contribution in [0.4, 0.5) is 0 Å². The quantitative estimate of drug-likeness (QED) is 0.255. The Morgan fingerprint density at radius 2 is 1.12 bits per heavy atom. The standard InChI is InChI=1S/C17H30O.C17H24O.2C3H8/c2*1-14(2)13-18-17(15-9-5-3-6-10-15)16-11-7-4-8-12-16;2*1-3-2/h5,9,14-17H,3-4,6-8,10-13H2,1-2H3;3,5-7,9-11,14,16-17H,4,8,12-13H2,1-2H3;2*3H2,1-2H3. The molecule has 1 aromatic rings. The molecule has 4 unspecified atom stereocenters. The van der Waals surface area contributed by atoms with Gasteiger partial charge in [-0.05, 0) is 74.7 Å². The third kappa shape index (κ3) is 17.0. The van der Waals surface area contributed by atoms with Crippen molar-refractivity contribution in [2.75, 3.05) is 13.2 Å². The molecule has 0 saturated heterocycles. The van der Waals surface area contributed by atoms with Gasteiger partial charge in [0.1, 0.15) is 0 Å². The van der Waals surface area contributed by atoms with Gasteiger partial charge in [-0.2, -0.15) is 0 Å². The molecule has 0 heterocycles. The summed E-state index contributed by atoms with van der Waals surface area (Å²) in [4.78, 5) is 0. The third-order valence-electron chi connectivity index (χ3n) is 7.87. The van der Waals surface area contributed by atoms with Gasteiger partial charge in [0.2, 0.25) is 0 Å². The second-order valence-electron chi connectivity index (χ2n) is 13.6. The van der Waals surface area contributed by atoms with E-state index in [9.17, 15) is 0 Å². The molecular weight excluding hydrogens is 512 g/mol. The number of benzene rings is 1. The van der Waals surface area contributed by atoms with Gasteiger partial charge in [-0.15, -0.1) is 0 Å². The summed E-state index contributed by atoms with van der Waals surface area (Å²) in [5, 5.41) is 0. The Balaban J connectivity index is 0.000000354. The van der Waals surface area contributed by atoms with Gasteiger partial charge in [0.05, 0.1) is 12.2 Å². The lowest BCUT2D eigenvalue weighted by molar-refractivity contribution is -0.0390. The fourth-order valence-electron chi connectivity index (χ4n) is 5.98. The minimum atomic E-state index is 0.227. The van der Waals surface area contributed by atoms with E-state index in [2.05, 4.69) is 110 Å². The van der Waals surface area contributed by atoms with Crippen LogP contribution in [0, 0.1) is 29.6 Å². The van der Waals surface area contributed by atoms with E-state index in [1.54, 1.807) is 0 Å². The highest BCUT2D eigenvalue weighted by atomic mass is 16.5. The number of hydrogen-bond donors (Lipinski definition) is 0. The first kappa shape index (κ1) is 38.6. The maximum absolute atomic E-state index is 6.33.